The summed E-state index contributed by atoms with van der Waals surface area (Å²) < 4.78 is 0. The topological polar surface area (TPSA) is 0 Å². The van der Waals surface area contributed by atoms with Crippen LogP contribution in [-0.2, 0) is 0 Å². The molecule has 1 aromatic carbocycles. The lowest BCUT2D eigenvalue weighted by Gasteiger charge is -1.96. The third kappa shape index (κ3) is 3.02. The normalized spacial score (nSPS) is 7.67. The van der Waals surface area contributed by atoms with Gasteiger partial charge in [-0.05, 0) is 11.1 Å². The third-order valence-electron chi connectivity index (χ3n) is 1.39. The standard InChI is InChI=1S/C10H10.C2H4/c1-3-9(2)10-7-5-4-6-8-10;1-2/h3-8H,1-2H2;1-2H2. The van der Waals surface area contributed by atoms with E-state index in [1.165, 1.54) is 0 Å². The van der Waals surface area contributed by atoms with Crippen LogP contribution in [0.2, 0.25) is 0 Å². The molecule has 0 bridgehead atoms. The highest BCUT2D eigenvalue weighted by atomic mass is 13.9. The zero-order valence-corrected chi connectivity index (χ0v) is 7.29. The van der Waals surface area contributed by atoms with Gasteiger partial charge in [0.25, 0.3) is 0 Å². The van der Waals surface area contributed by atoms with E-state index in [9.17, 15) is 0 Å². The molecule has 12 heavy (non-hydrogen) atoms. The van der Waals surface area contributed by atoms with Crippen LogP contribution in [0.1, 0.15) is 5.56 Å². The summed E-state index contributed by atoms with van der Waals surface area (Å²) in [5, 5.41) is 0. The van der Waals surface area contributed by atoms with Crippen molar-refractivity contribution >= 4 is 5.57 Å². The Bertz CT molecular complexity index is 244. The van der Waals surface area contributed by atoms with Gasteiger partial charge >= 0.3 is 0 Å². The van der Waals surface area contributed by atoms with Crippen molar-refractivity contribution in [2.45, 2.75) is 0 Å². The minimum Gasteiger partial charge on any atom is -0.106 e. The maximum absolute atomic E-state index is 3.83. The highest BCUT2D eigenvalue weighted by Gasteiger charge is 1.88. The summed E-state index contributed by atoms with van der Waals surface area (Å²) in [6, 6.07) is 10.0. The van der Waals surface area contributed by atoms with Crippen molar-refractivity contribution in [2.24, 2.45) is 0 Å². The fourth-order valence-corrected chi connectivity index (χ4v) is 0.770. The highest BCUT2D eigenvalue weighted by molar-refractivity contribution is 5.71. The number of rotatable bonds is 2. The second-order valence-electron chi connectivity index (χ2n) is 2.10. The van der Waals surface area contributed by atoms with E-state index < -0.39 is 0 Å². The maximum atomic E-state index is 3.83. The van der Waals surface area contributed by atoms with Gasteiger partial charge in [0.2, 0.25) is 0 Å². The first-order chi connectivity index (χ1) is 5.84. The smallest absolute Gasteiger partial charge is 0.0190 e. The molecule has 62 valence electrons. The van der Waals surface area contributed by atoms with E-state index >= 15 is 0 Å². The first-order valence-electron chi connectivity index (χ1n) is 3.71. The summed E-state index contributed by atoms with van der Waals surface area (Å²) in [4.78, 5) is 0. The Kier molecular flexibility index (Phi) is 5.37. The van der Waals surface area contributed by atoms with Crippen LogP contribution >= 0.6 is 0 Å². The van der Waals surface area contributed by atoms with Gasteiger partial charge in [-0.1, -0.05) is 49.6 Å². The van der Waals surface area contributed by atoms with Crippen LogP contribution in [0, 0.1) is 0 Å². The summed E-state index contributed by atoms with van der Waals surface area (Å²) in [5.74, 6) is 0. The van der Waals surface area contributed by atoms with Crippen molar-refractivity contribution in [3.8, 4) is 0 Å². The Morgan fingerprint density at radius 3 is 2.00 bits per heavy atom. The zero-order valence-electron chi connectivity index (χ0n) is 7.29. The average Bonchev–Trinajstić information content (AvgIpc) is 2.21. The van der Waals surface area contributed by atoms with Gasteiger partial charge in [0.1, 0.15) is 0 Å². The van der Waals surface area contributed by atoms with E-state index in [0.717, 1.165) is 11.1 Å². The Morgan fingerprint density at radius 1 is 1.08 bits per heavy atom. The molecule has 0 aromatic heterocycles. The lowest BCUT2D eigenvalue weighted by Crippen LogP contribution is -1.74. The van der Waals surface area contributed by atoms with Gasteiger partial charge in [-0.3, -0.25) is 0 Å². The van der Waals surface area contributed by atoms with E-state index in [2.05, 4.69) is 26.3 Å². The van der Waals surface area contributed by atoms with Crippen LogP contribution in [0.15, 0.2) is 62.7 Å². The van der Waals surface area contributed by atoms with Gasteiger partial charge in [0, 0.05) is 0 Å². The van der Waals surface area contributed by atoms with Crippen LogP contribution < -0.4 is 0 Å². The number of hydrogen-bond acceptors (Lipinski definition) is 0. The van der Waals surface area contributed by atoms with Gasteiger partial charge in [-0.2, -0.15) is 0 Å². The lowest BCUT2D eigenvalue weighted by molar-refractivity contribution is 1.63. The van der Waals surface area contributed by atoms with E-state index in [1.54, 1.807) is 6.08 Å². The summed E-state index contributed by atoms with van der Waals surface area (Å²) in [5.41, 5.74) is 2.11. The van der Waals surface area contributed by atoms with Gasteiger partial charge in [0.05, 0.1) is 0 Å². The minimum atomic E-state index is 0.973. The SMILES string of the molecule is C=C.C=CC(=C)c1ccccc1. The summed E-state index contributed by atoms with van der Waals surface area (Å²) in [7, 11) is 0. The van der Waals surface area contributed by atoms with Crippen LogP contribution in [0.3, 0.4) is 0 Å². The van der Waals surface area contributed by atoms with Crippen molar-refractivity contribution in [3.63, 3.8) is 0 Å². The van der Waals surface area contributed by atoms with E-state index in [4.69, 9.17) is 0 Å². The molecule has 0 saturated carbocycles. The monoisotopic (exact) mass is 158 g/mol. The summed E-state index contributed by atoms with van der Waals surface area (Å²) in [6.07, 6.45) is 1.76. The fraction of sp³-hybridized carbons (Fsp3) is 0. The molecule has 1 aromatic rings. The highest BCUT2D eigenvalue weighted by Crippen LogP contribution is 2.10. The molecule has 0 heteroatoms. The molecule has 0 radical (unpaired) electrons. The predicted molar refractivity (Wildman–Crippen MR) is 56.9 cm³/mol. The van der Waals surface area contributed by atoms with Crippen molar-refractivity contribution in [1.82, 2.24) is 0 Å². The van der Waals surface area contributed by atoms with Gasteiger partial charge in [-0.25, -0.2) is 0 Å². The molecule has 0 fully saturated rings. The molecule has 0 saturated heterocycles. The quantitative estimate of drug-likeness (QED) is 0.455. The Labute approximate surface area is 74.6 Å². The molecule has 0 amide bonds. The first kappa shape index (κ1) is 10.4. The van der Waals surface area contributed by atoms with Crippen LogP contribution in [0.25, 0.3) is 5.57 Å². The van der Waals surface area contributed by atoms with Crippen LogP contribution in [0.5, 0.6) is 0 Å². The van der Waals surface area contributed by atoms with E-state index in [0.29, 0.717) is 0 Å². The average molecular weight is 158 g/mol. The van der Waals surface area contributed by atoms with Gasteiger partial charge < -0.3 is 0 Å². The largest absolute Gasteiger partial charge is 0.106 e. The Hall–Kier alpha value is -1.56. The van der Waals surface area contributed by atoms with E-state index in [-0.39, 0.29) is 0 Å². The summed E-state index contributed by atoms with van der Waals surface area (Å²) >= 11 is 0. The van der Waals surface area contributed by atoms with Crippen LogP contribution in [0.4, 0.5) is 0 Å². The third-order valence-corrected chi connectivity index (χ3v) is 1.39. The maximum Gasteiger partial charge on any atom is -0.0190 e. The molecule has 0 atom stereocenters. The number of benzene rings is 1. The van der Waals surface area contributed by atoms with Crippen molar-refractivity contribution in [2.75, 3.05) is 0 Å². The second kappa shape index (κ2) is 6.17. The first-order valence-corrected chi connectivity index (χ1v) is 3.71. The van der Waals surface area contributed by atoms with Gasteiger partial charge in [-0.15, -0.1) is 13.2 Å². The molecule has 0 heterocycles. The minimum absolute atomic E-state index is 0.973. The van der Waals surface area contributed by atoms with Crippen LogP contribution in [-0.4, -0.2) is 0 Å². The number of allylic oxidation sites excluding steroid dienone is 2. The fourth-order valence-electron chi connectivity index (χ4n) is 0.770. The molecular formula is C12H14. The Balaban J connectivity index is 0.000000561. The molecule has 1 rings (SSSR count). The molecule has 0 unspecified atom stereocenters. The van der Waals surface area contributed by atoms with Gasteiger partial charge in [0.15, 0.2) is 0 Å². The molecular weight excluding hydrogens is 144 g/mol. The van der Waals surface area contributed by atoms with Crippen molar-refractivity contribution in [1.29, 1.82) is 0 Å². The summed E-state index contributed by atoms with van der Waals surface area (Å²) in [6.45, 7) is 13.5. The molecule has 0 aliphatic rings. The zero-order chi connectivity index (χ0) is 9.40. The molecule has 0 N–H and O–H groups in total. The van der Waals surface area contributed by atoms with E-state index in [1.807, 2.05) is 30.3 Å². The molecule has 0 aliphatic carbocycles. The Morgan fingerprint density at radius 2 is 1.58 bits per heavy atom. The molecule has 0 aliphatic heterocycles. The number of hydrogen-bond donors (Lipinski definition) is 0. The second-order valence-corrected chi connectivity index (χ2v) is 2.10. The predicted octanol–water partition coefficient (Wildman–Crippen LogP) is 3.69. The lowest BCUT2D eigenvalue weighted by atomic mass is 10.1. The van der Waals surface area contributed by atoms with Crippen molar-refractivity contribution in [3.05, 3.63) is 68.3 Å². The molecule has 0 nitrogen and oxygen atoms in total. The van der Waals surface area contributed by atoms with Crippen molar-refractivity contribution < 1.29 is 0 Å². The molecule has 0 spiro atoms.